The van der Waals surface area contributed by atoms with Gasteiger partial charge in [-0.2, -0.15) is 0 Å². The highest BCUT2D eigenvalue weighted by Crippen LogP contribution is 2.23. The van der Waals surface area contributed by atoms with Gasteiger partial charge in [-0.25, -0.2) is 0 Å². The van der Waals surface area contributed by atoms with Crippen LogP contribution in [0.1, 0.15) is 277 Å². The fourth-order valence-corrected chi connectivity index (χ4v) is 9.11. The summed E-state index contributed by atoms with van der Waals surface area (Å²) in [6.07, 6.45) is 44.4. The van der Waals surface area contributed by atoms with Gasteiger partial charge >= 0.3 is 0 Å². The van der Waals surface area contributed by atoms with Crippen molar-refractivity contribution in [3.63, 3.8) is 0 Å². The van der Waals surface area contributed by atoms with Crippen LogP contribution in [0.25, 0.3) is 0 Å². The van der Waals surface area contributed by atoms with Crippen LogP contribution in [0.4, 0.5) is 0 Å². The van der Waals surface area contributed by atoms with Crippen LogP contribution >= 0.6 is 0 Å². The normalized spacial score (nSPS) is 20.1. The van der Waals surface area contributed by atoms with E-state index in [1.165, 1.54) is 212 Å². The number of unbranched alkanes of at least 4 members (excludes halogenated alkanes) is 37. The van der Waals surface area contributed by atoms with Crippen LogP contribution in [0.5, 0.6) is 0 Å². The van der Waals surface area contributed by atoms with Crippen LogP contribution in [0.2, 0.25) is 0 Å². The molecule has 9 heteroatoms. The summed E-state index contributed by atoms with van der Waals surface area (Å²) in [6.45, 7) is 3.85. The molecule has 1 fully saturated rings. The second kappa shape index (κ2) is 44.0. The molecule has 9 nitrogen and oxygen atoms in total. The van der Waals surface area contributed by atoms with Crippen molar-refractivity contribution in [3.05, 3.63) is 0 Å². The first kappa shape index (κ1) is 59.2. The van der Waals surface area contributed by atoms with E-state index in [1.807, 2.05) is 0 Å². The lowest BCUT2D eigenvalue weighted by atomic mass is 9.99. The Morgan fingerprint density at radius 1 is 0.484 bits per heavy atom. The molecule has 6 N–H and O–H groups in total. The molecule has 0 radical (unpaired) electrons. The van der Waals surface area contributed by atoms with Gasteiger partial charge in [0.25, 0.3) is 0 Å². The molecule has 2 unspecified atom stereocenters. The van der Waals surface area contributed by atoms with Crippen LogP contribution in [0, 0.1) is 0 Å². The Morgan fingerprint density at radius 3 is 1.15 bits per heavy atom. The third-order valence-electron chi connectivity index (χ3n) is 13.5. The van der Waals surface area contributed by atoms with Gasteiger partial charge in [0, 0.05) is 6.42 Å². The zero-order valence-corrected chi connectivity index (χ0v) is 40.9. The molecule has 1 saturated heterocycles. The Balaban J connectivity index is 2.09. The number of rotatable bonds is 47. The molecule has 0 aliphatic carbocycles. The average molecular weight is 884 g/mol. The first-order valence-corrected chi connectivity index (χ1v) is 27.2. The molecule has 1 aliphatic heterocycles. The Kier molecular flexibility index (Phi) is 42.1. The molecule has 0 aromatic heterocycles. The third-order valence-corrected chi connectivity index (χ3v) is 13.5. The van der Waals surface area contributed by atoms with Gasteiger partial charge in [0.15, 0.2) is 6.29 Å². The predicted octanol–water partition coefficient (Wildman–Crippen LogP) is 12.7. The summed E-state index contributed by atoms with van der Waals surface area (Å²) in [5.41, 5.74) is 0. The van der Waals surface area contributed by atoms with Gasteiger partial charge in [-0.15, -0.1) is 0 Å². The van der Waals surface area contributed by atoms with Crippen molar-refractivity contribution >= 4 is 5.91 Å². The monoisotopic (exact) mass is 884 g/mol. The SMILES string of the molecule is CCCCCCCCCCCCCCCCCCCCCCCCCCCCCCCC(=O)N[C@@H](CO[C@@H]1O[C@H](CO)[C@H](O)C(O)C1O)[C@H](O)CCCCCCCCCCCC. The maximum atomic E-state index is 13.0. The van der Waals surface area contributed by atoms with Gasteiger partial charge in [-0.1, -0.05) is 258 Å². The van der Waals surface area contributed by atoms with E-state index in [0.717, 1.165) is 38.5 Å². The smallest absolute Gasteiger partial charge is 0.220 e. The minimum absolute atomic E-state index is 0.132. The topological polar surface area (TPSA) is 149 Å². The second-order valence-corrected chi connectivity index (χ2v) is 19.4. The fraction of sp³-hybridized carbons (Fsp3) is 0.981. The van der Waals surface area contributed by atoms with Crippen molar-refractivity contribution in [1.82, 2.24) is 5.32 Å². The lowest BCUT2D eigenvalue weighted by Crippen LogP contribution is -2.60. The van der Waals surface area contributed by atoms with E-state index in [1.54, 1.807) is 0 Å². The Bertz CT molecular complexity index is 939. The van der Waals surface area contributed by atoms with E-state index >= 15 is 0 Å². The molecular formula is C53H105NO8. The molecule has 0 spiro atoms. The van der Waals surface area contributed by atoms with Crippen molar-refractivity contribution in [1.29, 1.82) is 0 Å². The van der Waals surface area contributed by atoms with E-state index in [-0.39, 0.29) is 12.5 Å². The molecule has 370 valence electrons. The summed E-state index contributed by atoms with van der Waals surface area (Å²) in [5.74, 6) is -0.139. The number of hydrogen-bond donors (Lipinski definition) is 6. The van der Waals surface area contributed by atoms with Gasteiger partial charge in [0.1, 0.15) is 24.4 Å². The minimum Gasteiger partial charge on any atom is -0.394 e. The highest BCUT2D eigenvalue weighted by Gasteiger charge is 2.44. The van der Waals surface area contributed by atoms with Crippen molar-refractivity contribution in [2.24, 2.45) is 0 Å². The number of carbonyl (C=O) groups is 1. The number of carbonyl (C=O) groups excluding carboxylic acids is 1. The lowest BCUT2D eigenvalue weighted by Gasteiger charge is -2.40. The Labute approximate surface area is 383 Å². The summed E-state index contributed by atoms with van der Waals surface area (Å²) < 4.78 is 11.3. The van der Waals surface area contributed by atoms with Crippen LogP contribution in [-0.4, -0.2) is 87.5 Å². The van der Waals surface area contributed by atoms with Gasteiger partial charge in [0.2, 0.25) is 5.91 Å². The van der Waals surface area contributed by atoms with E-state index in [4.69, 9.17) is 9.47 Å². The van der Waals surface area contributed by atoms with Gasteiger partial charge < -0.3 is 40.3 Å². The van der Waals surface area contributed by atoms with Crippen LogP contribution < -0.4 is 5.32 Å². The molecule has 0 aromatic rings. The number of ether oxygens (including phenoxy) is 2. The van der Waals surface area contributed by atoms with Crippen molar-refractivity contribution < 1.29 is 39.8 Å². The molecular weight excluding hydrogens is 779 g/mol. The lowest BCUT2D eigenvalue weighted by molar-refractivity contribution is -0.302. The van der Waals surface area contributed by atoms with Gasteiger partial charge in [-0.3, -0.25) is 4.79 Å². The first-order valence-electron chi connectivity index (χ1n) is 27.2. The maximum absolute atomic E-state index is 13.0. The summed E-state index contributed by atoms with van der Waals surface area (Å²) in [5, 5.41) is 54.4. The van der Waals surface area contributed by atoms with Crippen LogP contribution in [0.3, 0.4) is 0 Å². The maximum Gasteiger partial charge on any atom is 0.220 e. The largest absolute Gasteiger partial charge is 0.394 e. The second-order valence-electron chi connectivity index (χ2n) is 19.4. The van der Waals surface area contributed by atoms with E-state index in [9.17, 15) is 30.3 Å². The summed E-state index contributed by atoms with van der Waals surface area (Å²) in [7, 11) is 0. The zero-order chi connectivity index (χ0) is 45.1. The number of hydrogen-bond acceptors (Lipinski definition) is 8. The summed E-state index contributed by atoms with van der Waals surface area (Å²) in [6, 6.07) is -0.711. The van der Waals surface area contributed by atoms with Crippen molar-refractivity contribution in [3.8, 4) is 0 Å². The fourth-order valence-electron chi connectivity index (χ4n) is 9.11. The average Bonchev–Trinajstić information content (AvgIpc) is 3.27. The molecule has 1 amide bonds. The van der Waals surface area contributed by atoms with E-state index in [2.05, 4.69) is 19.2 Å². The molecule has 1 rings (SSSR count). The quantitative estimate of drug-likeness (QED) is 0.0331. The summed E-state index contributed by atoms with van der Waals surface area (Å²) in [4.78, 5) is 13.0. The molecule has 0 bridgehead atoms. The highest BCUT2D eigenvalue weighted by molar-refractivity contribution is 5.76. The highest BCUT2D eigenvalue weighted by atomic mass is 16.7. The molecule has 0 saturated carbocycles. The molecule has 7 atom stereocenters. The van der Waals surface area contributed by atoms with E-state index in [0.29, 0.717) is 12.8 Å². The third kappa shape index (κ3) is 33.6. The Hall–Kier alpha value is -0.810. The van der Waals surface area contributed by atoms with Crippen LogP contribution in [-0.2, 0) is 14.3 Å². The molecule has 1 heterocycles. The summed E-state index contributed by atoms with van der Waals surface area (Å²) >= 11 is 0. The minimum atomic E-state index is -1.55. The molecule has 0 aromatic carbocycles. The molecule has 62 heavy (non-hydrogen) atoms. The number of aliphatic hydroxyl groups excluding tert-OH is 5. The standard InChI is InChI=1S/C53H105NO8/c1-3-5-7-9-11-13-15-16-17-18-19-20-21-22-23-24-25-26-27-28-29-30-31-32-33-35-37-39-41-43-49(57)54-46(45-61-53-52(60)51(59)50(58)48(44-55)62-53)47(56)42-40-38-36-34-14-12-10-8-6-4-2/h46-48,50-53,55-56,58-60H,3-45H2,1-2H3,(H,54,57)/t46-,47+,48+,50-,51?,52?,53+/m0/s1. The predicted molar refractivity (Wildman–Crippen MR) is 258 cm³/mol. The van der Waals surface area contributed by atoms with Crippen molar-refractivity contribution in [2.45, 2.75) is 320 Å². The van der Waals surface area contributed by atoms with Gasteiger partial charge in [0.05, 0.1) is 25.4 Å². The Morgan fingerprint density at radius 2 is 0.806 bits per heavy atom. The number of amides is 1. The number of aliphatic hydroxyl groups is 5. The number of nitrogens with one attached hydrogen (secondary N) is 1. The van der Waals surface area contributed by atoms with Crippen molar-refractivity contribution in [2.75, 3.05) is 13.2 Å². The molecule has 1 aliphatic rings. The van der Waals surface area contributed by atoms with Crippen LogP contribution in [0.15, 0.2) is 0 Å². The zero-order valence-electron chi connectivity index (χ0n) is 40.9. The van der Waals surface area contributed by atoms with Gasteiger partial charge in [-0.05, 0) is 12.8 Å². The van der Waals surface area contributed by atoms with E-state index < -0.39 is 49.5 Å². The first-order chi connectivity index (χ1) is 30.3.